The second-order valence-electron chi connectivity index (χ2n) is 10.2. The van der Waals surface area contributed by atoms with Crippen LogP contribution in [0, 0.1) is 0 Å². The van der Waals surface area contributed by atoms with Gasteiger partial charge < -0.3 is 0 Å². The van der Waals surface area contributed by atoms with Gasteiger partial charge in [0.2, 0.25) is 0 Å². The summed E-state index contributed by atoms with van der Waals surface area (Å²) < 4.78 is 0. The second kappa shape index (κ2) is 10.2. The molecule has 39 heavy (non-hydrogen) atoms. The van der Waals surface area contributed by atoms with Gasteiger partial charge in [0.05, 0.1) is 0 Å². The van der Waals surface area contributed by atoms with Crippen molar-refractivity contribution in [2.45, 2.75) is 13.1 Å². The van der Waals surface area contributed by atoms with E-state index in [-0.39, 0.29) is 0 Å². The Morgan fingerprint density at radius 2 is 0.846 bits per heavy atom. The molecule has 0 bridgehead atoms. The summed E-state index contributed by atoms with van der Waals surface area (Å²) >= 11 is 7.43. The first-order valence-corrected chi connectivity index (χ1v) is 19.5. The molecule has 0 N–H and O–H groups in total. The molecular formula is C34H26S4Si. The molecule has 0 atom stereocenters. The van der Waals surface area contributed by atoms with Crippen molar-refractivity contribution >= 4 is 75.0 Å². The molecule has 4 aromatic heterocycles. The molecule has 0 amide bonds. The fourth-order valence-electron chi connectivity index (χ4n) is 5.71. The lowest BCUT2D eigenvalue weighted by Crippen LogP contribution is -2.27. The Morgan fingerprint density at radius 1 is 0.436 bits per heavy atom. The summed E-state index contributed by atoms with van der Waals surface area (Å²) in [7, 11) is -2.13. The summed E-state index contributed by atoms with van der Waals surface area (Å²) in [6, 6.07) is 36.0. The molecule has 190 valence electrons. The molecule has 6 aromatic rings. The molecule has 5 heterocycles. The Bertz CT molecular complexity index is 1660. The Balaban J connectivity index is 1.51. The van der Waals surface area contributed by atoms with Gasteiger partial charge in [0.25, 0.3) is 0 Å². The van der Waals surface area contributed by atoms with E-state index in [0.717, 1.165) is 0 Å². The molecule has 1 aliphatic rings. The average Bonchev–Trinajstić information content (AvgIpc) is 3.77. The third-order valence-corrected chi connectivity index (χ3v) is 15.0. The van der Waals surface area contributed by atoms with Crippen molar-refractivity contribution in [1.29, 1.82) is 0 Å². The lowest BCUT2D eigenvalue weighted by molar-refractivity contribution is 1.60. The zero-order valence-electron chi connectivity index (χ0n) is 21.7. The maximum Gasteiger partial charge on any atom is 0.117 e. The fourth-order valence-corrected chi connectivity index (χ4v) is 14.4. The van der Waals surface area contributed by atoms with Gasteiger partial charge in [0.15, 0.2) is 0 Å². The van der Waals surface area contributed by atoms with Gasteiger partial charge in [-0.3, -0.25) is 0 Å². The topological polar surface area (TPSA) is 0 Å². The summed E-state index contributed by atoms with van der Waals surface area (Å²) in [5, 5.41) is 12.0. The molecule has 0 fully saturated rings. The van der Waals surface area contributed by atoms with Crippen LogP contribution in [0.5, 0.6) is 0 Å². The Kier molecular flexibility index (Phi) is 6.50. The molecule has 5 heteroatoms. The van der Waals surface area contributed by atoms with E-state index >= 15 is 0 Å². The molecule has 0 saturated carbocycles. The highest BCUT2D eigenvalue weighted by atomic mass is 32.1. The van der Waals surface area contributed by atoms with Gasteiger partial charge in [-0.2, -0.15) is 22.7 Å². The van der Waals surface area contributed by atoms with Crippen molar-refractivity contribution in [2.75, 3.05) is 0 Å². The summed E-state index contributed by atoms with van der Waals surface area (Å²) in [5.74, 6) is 0. The molecule has 7 rings (SSSR count). The minimum absolute atomic E-state index is 1.31. The molecule has 0 spiro atoms. The van der Waals surface area contributed by atoms with E-state index in [1.165, 1.54) is 52.9 Å². The van der Waals surface area contributed by atoms with E-state index in [1.807, 2.05) is 22.7 Å². The van der Waals surface area contributed by atoms with Gasteiger partial charge in [-0.05, 0) is 90.6 Å². The van der Waals surface area contributed by atoms with E-state index in [4.69, 9.17) is 0 Å². The zero-order chi connectivity index (χ0) is 26.4. The van der Waals surface area contributed by atoms with Crippen LogP contribution in [0.2, 0.25) is 13.1 Å². The maximum atomic E-state index is 2.56. The quantitative estimate of drug-likeness (QED) is 0.169. The van der Waals surface area contributed by atoms with Crippen LogP contribution in [-0.2, 0) is 0 Å². The molecule has 0 aliphatic carbocycles. The molecule has 0 saturated heterocycles. The van der Waals surface area contributed by atoms with E-state index in [0.29, 0.717) is 0 Å². The van der Waals surface area contributed by atoms with Crippen LogP contribution in [0.3, 0.4) is 0 Å². The van der Waals surface area contributed by atoms with Crippen LogP contribution in [0.15, 0.2) is 119 Å². The van der Waals surface area contributed by atoms with Crippen LogP contribution in [-0.4, -0.2) is 8.07 Å². The average molecular weight is 591 g/mol. The molecule has 2 aromatic carbocycles. The highest BCUT2D eigenvalue weighted by Crippen LogP contribution is 2.57. The number of hydrogen-bond donors (Lipinski definition) is 0. The fraction of sp³-hybridized carbons (Fsp3) is 0.0588. The Labute approximate surface area is 246 Å². The van der Waals surface area contributed by atoms with Crippen LogP contribution in [0.1, 0.15) is 20.9 Å². The standard InChI is InChI=1S/C34H26S4Si/c1-39(2)33(29-15-13-27(37-29)25-17-19-35-21-25)31(23-9-5-3-6-10-23)32(24-11-7-4-8-12-24)34(39)30-16-14-28(38-30)26-18-20-36-22-26/h3-22H,1-2H3. The van der Waals surface area contributed by atoms with E-state index in [1.54, 1.807) is 33.1 Å². The van der Waals surface area contributed by atoms with Gasteiger partial charge in [-0.1, -0.05) is 73.8 Å². The number of allylic oxidation sites excluding steroid dienone is 2. The lowest BCUT2D eigenvalue weighted by Gasteiger charge is -2.24. The first kappa shape index (κ1) is 24.9. The molecule has 1 aliphatic heterocycles. The van der Waals surface area contributed by atoms with Gasteiger partial charge in [-0.25, -0.2) is 0 Å². The number of rotatable bonds is 6. The lowest BCUT2D eigenvalue weighted by atomic mass is 9.91. The predicted octanol–water partition coefficient (Wildman–Crippen LogP) is 11.6. The zero-order valence-corrected chi connectivity index (χ0v) is 25.9. The first-order chi connectivity index (χ1) is 19.1. The highest BCUT2D eigenvalue weighted by Gasteiger charge is 2.44. The van der Waals surface area contributed by atoms with E-state index in [2.05, 4.69) is 132 Å². The molecule has 0 radical (unpaired) electrons. The van der Waals surface area contributed by atoms with Crippen molar-refractivity contribution in [3.05, 3.63) is 139 Å². The van der Waals surface area contributed by atoms with Crippen LogP contribution >= 0.6 is 45.3 Å². The van der Waals surface area contributed by atoms with Crippen LogP contribution in [0.4, 0.5) is 0 Å². The van der Waals surface area contributed by atoms with Crippen molar-refractivity contribution in [1.82, 2.24) is 0 Å². The van der Waals surface area contributed by atoms with Crippen LogP contribution < -0.4 is 0 Å². The second-order valence-corrected chi connectivity index (χ2v) is 18.2. The van der Waals surface area contributed by atoms with E-state index < -0.39 is 8.07 Å². The van der Waals surface area contributed by atoms with Crippen molar-refractivity contribution in [3.63, 3.8) is 0 Å². The third-order valence-electron chi connectivity index (χ3n) is 7.44. The predicted molar refractivity (Wildman–Crippen MR) is 179 cm³/mol. The summed E-state index contributed by atoms with van der Waals surface area (Å²) in [5.41, 5.74) is 8.09. The van der Waals surface area contributed by atoms with Gasteiger partial charge in [0.1, 0.15) is 8.07 Å². The molecule has 0 nitrogen and oxygen atoms in total. The number of hydrogen-bond acceptors (Lipinski definition) is 4. The number of thiophene rings is 4. The Morgan fingerprint density at radius 3 is 1.23 bits per heavy atom. The van der Waals surface area contributed by atoms with E-state index in [9.17, 15) is 0 Å². The normalized spacial score (nSPS) is 14.9. The van der Waals surface area contributed by atoms with Crippen molar-refractivity contribution < 1.29 is 0 Å². The minimum Gasteiger partial charge on any atom is -0.152 e. The van der Waals surface area contributed by atoms with Gasteiger partial charge in [-0.15, -0.1) is 22.7 Å². The van der Waals surface area contributed by atoms with Crippen molar-refractivity contribution in [2.24, 2.45) is 0 Å². The highest BCUT2D eigenvalue weighted by molar-refractivity contribution is 7.25. The first-order valence-electron chi connectivity index (χ1n) is 13.0. The number of benzene rings is 2. The van der Waals surface area contributed by atoms with Gasteiger partial charge >= 0.3 is 0 Å². The monoisotopic (exact) mass is 590 g/mol. The molecule has 0 unspecified atom stereocenters. The maximum absolute atomic E-state index is 2.56. The molecular weight excluding hydrogens is 565 g/mol. The third kappa shape index (κ3) is 4.39. The smallest absolute Gasteiger partial charge is 0.117 e. The summed E-state index contributed by atoms with van der Waals surface area (Å²) in [4.78, 5) is 5.51. The summed E-state index contributed by atoms with van der Waals surface area (Å²) in [6.45, 7) is 5.12. The summed E-state index contributed by atoms with van der Waals surface area (Å²) in [6.07, 6.45) is 0. The Hall–Kier alpha value is -3.06. The SMILES string of the molecule is C[Si]1(C)C(c2ccc(-c3ccsc3)s2)=C(c2ccccc2)C(c2ccccc2)=C1c1ccc(-c2ccsc2)s1. The minimum atomic E-state index is -2.13. The largest absolute Gasteiger partial charge is 0.152 e. The van der Waals surface area contributed by atoms with Gasteiger partial charge in [0, 0.05) is 30.6 Å². The van der Waals surface area contributed by atoms with Crippen molar-refractivity contribution in [3.8, 4) is 20.9 Å². The van der Waals surface area contributed by atoms with Crippen LogP contribution in [0.25, 0.3) is 42.4 Å².